The fourth-order valence-electron chi connectivity index (χ4n) is 0.344. The molecule has 0 aliphatic heterocycles. The van der Waals surface area contributed by atoms with Crippen molar-refractivity contribution in [2.45, 2.75) is 26.2 Å². The van der Waals surface area contributed by atoms with Crippen molar-refractivity contribution in [3.8, 4) is 0 Å². The minimum Gasteiger partial charge on any atom is -0.418 e. The molecule has 0 spiro atoms. The molecule has 0 nitrogen and oxygen atoms in total. The summed E-state index contributed by atoms with van der Waals surface area (Å²) in [6, 6.07) is 0. The van der Waals surface area contributed by atoms with E-state index in [1.54, 1.807) is 0 Å². The Morgan fingerprint density at radius 2 is 1.45 bits per heavy atom. The molecule has 0 bridgehead atoms. The molecule has 6 heteroatoms. The summed E-state index contributed by atoms with van der Waals surface area (Å²) in [5.41, 5.74) is 0. The van der Waals surface area contributed by atoms with Crippen molar-refractivity contribution < 1.29 is 17.3 Å². The highest BCUT2D eigenvalue weighted by Gasteiger charge is 2.20. The van der Waals surface area contributed by atoms with Crippen LogP contribution in [0.3, 0.4) is 0 Å². The second-order valence-corrected chi connectivity index (χ2v) is 2.97. The van der Waals surface area contributed by atoms with E-state index in [4.69, 9.17) is 0 Å². The Hall–Kier alpha value is 0.515. The summed E-state index contributed by atoms with van der Waals surface area (Å²) in [5.74, 6) is 0. The summed E-state index contributed by atoms with van der Waals surface area (Å²) in [6.07, 6.45) is 4.16. The van der Waals surface area contributed by atoms with Gasteiger partial charge in [0.1, 0.15) is 0 Å². The molecular weight excluding hydrogens is 274 g/mol. The van der Waals surface area contributed by atoms with Crippen molar-refractivity contribution in [1.29, 1.82) is 0 Å². The maximum Gasteiger partial charge on any atom is 0.673 e. The van der Waals surface area contributed by atoms with E-state index in [1.165, 1.54) is 23.7 Å². The summed E-state index contributed by atoms with van der Waals surface area (Å²) in [7, 11) is -6.00. The molecule has 0 aromatic rings. The maximum atomic E-state index is 9.75. The summed E-state index contributed by atoms with van der Waals surface area (Å²) >= 11 is 2.41. The zero-order valence-corrected chi connectivity index (χ0v) is 8.45. The number of alkyl halides is 1. The Morgan fingerprint density at radius 3 is 1.55 bits per heavy atom. The van der Waals surface area contributed by atoms with Crippen molar-refractivity contribution >= 4 is 29.8 Å². The smallest absolute Gasteiger partial charge is 0.418 e. The Morgan fingerprint density at radius 1 is 1.09 bits per heavy atom. The van der Waals surface area contributed by atoms with Crippen LogP contribution in [0.25, 0.3) is 0 Å². The highest BCUT2D eigenvalue weighted by molar-refractivity contribution is 14.1. The van der Waals surface area contributed by atoms with E-state index in [-0.39, 0.29) is 0 Å². The fourth-order valence-corrected chi connectivity index (χ4v) is 0.884. The van der Waals surface area contributed by atoms with Gasteiger partial charge >= 0.3 is 7.25 Å². The van der Waals surface area contributed by atoms with Gasteiger partial charge in [-0.1, -0.05) is 42.4 Å². The van der Waals surface area contributed by atoms with Gasteiger partial charge in [0, 0.05) is 0 Å². The summed E-state index contributed by atoms with van der Waals surface area (Å²) < 4.78 is 40.3. The van der Waals surface area contributed by atoms with E-state index in [0.717, 1.165) is 0 Å². The molecular formula is C5H11BF4I-. The van der Waals surface area contributed by atoms with E-state index < -0.39 is 7.25 Å². The summed E-state index contributed by atoms with van der Waals surface area (Å²) in [5, 5.41) is 0. The monoisotopic (exact) mass is 285 g/mol. The molecule has 0 rings (SSSR count). The predicted molar refractivity (Wildman–Crippen MR) is 48.6 cm³/mol. The van der Waals surface area contributed by atoms with E-state index in [0.29, 0.717) is 0 Å². The van der Waals surface area contributed by atoms with Gasteiger partial charge < -0.3 is 17.3 Å². The van der Waals surface area contributed by atoms with Crippen LogP contribution in [0, 0.1) is 0 Å². The molecule has 0 N–H and O–H groups in total. The number of halogens is 5. The molecule has 0 aliphatic rings. The lowest BCUT2D eigenvalue weighted by Crippen LogP contribution is -2.02. The zero-order valence-electron chi connectivity index (χ0n) is 6.30. The average Bonchev–Trinajstić information content (AvgIpc) is 1.79. The van der Waals surface area contributed by atoms with E-state index in [2.05, 4.69) is 29.5 Å². The lowest BCUT2D eigenvalue weighted by Gasteiger charge is -1.94. The van der Waals surface area contributed by atoms with Crippen LogP contribution < -0.4 is 0 Å². The second-order valence-electron chi connectivity index (χ2n) is 1.89. The Bertz CT molecular complexity index is 65.4. The van der Waals surface area contributed by atoms with Gasteiger partial charge in [-0.05, 0) is 10.8 Å². The topological polar surface area (TPSA) is 0 Å². The molecule has 0 amide bonds. The van der Waals surface area contributed by atoms with E-state index in [9.17, 15) is 17.3 Å². The van der Waals surface area contributed by atoms with Gasteiger partial charge in [0.15, 0.2) is 0 Å². The molecule has 0 heterocycles. The lowest BCUT2D eigenvalue weighted by molar-refractivity contribution is 0.368. The van der Waals surface area contributed by atoms with Gasteiger partial charge in [0.05, 0.1) is 0 Å². The highest BCUT2D eigenvalue weighted by atomic mass is 127. The van der Waals surface area contributed by atoms with Crippen LogP contribution in [-0.4, -0.2) is 11.7 Å². The van der Waals surface area contributed by atoms with Crippen LogP contribution in [0.2, 0.25) is 0 Å². The van der Waals surface area contributed by atoms with Gasteiger partial charge in [-0.15, -0.1) is 0 Å². The van der Waals surface area contributed by atoms with Crippen molar-refractivity contribution in [3.63, 3.8) is 0 Å². The number of unbranched alkanes of at least 4 members (excludes halogenated alkanes) is 2. The minimum atomic E-state index is -6.00. The normalized spacial score (nSPS) is 10.4. The molecule has 11 heavy (non-hydrogen) atoms. The van der Waals surface area contributed by atoms with Crippen LogP contribution in [0.15, 0.2) is 0 Å². The average molecular weight is 285 g/mol. The van der Waals surface area contributed by atoms with Gasteiger partial charge in [-0.3, -0.25) is 0 Å². The van der Waals surface area contributed by atoms with Gasteiger partial charge in [0.2, 0.25) is 0 Å². The molecule has 0 radical (unpaired) electrons. The van der Waals surface area contributed by atoms with Gasteiger partial charge in [0.25, 0.3) is 0 Å². The third kappa shape index (κ3) is 61.7. The fraction of sp³-hybridized carbons (Fsp3) is 1.00. The lowest BCUT2D eigenvalue weighted by atomic mass is 10.3. The molecule has 0 aromatic carbocycles. The molecule has 0 fully saturated rings. The third-order valence-electron chi connectivity index (χ3n) is 0.737. The molecule has 0 unspecified atom stereocenters. The first-order valence-electron chi connectivity index (χ1n) is 3.35. The second kappa shape index (κ2) is 8.61. The maximum absolute atomic E-state index is 9.75. The standard InChI is InChI=1S/C5H11I.BF4/c1-2-3-4-5-6;2-1(3,4)5/h2-5H2,1H3;/q;-1. The van der Waals surface area contributed by atoms with Crippen LogP contribution >= 0.6 is 22.6 Å². The van der Waals surface area contributed by atoms with Gasteiger partial charge in [-0.2, -0.15) is 0 Å². The SMILES string of the molecule is CCCCCI.F[B-](F)(F)F. The first-order chi connectivity index (χ1) is 4.91. The van der Waals surface area contributed by atoms with E-state index in [1.807, 2.05) is 0 Å². The Labute approximate surface area is 78.0 Å². The molecule has 0 atom stereocenters. The Kier molecular flexibility index (Phi) is 11.0. The van der Waals surface area contributed by atoms with Crippen molar-refractivity contribution in [2.75, 3.05) is 4.43 Å². The zero-order chi connectivity index (χ0) is 9.33. The summed E-state index contributed by atoms with van der Waals surface area (Å²) in [6.45, 7) is 2.23. The first-order valence-corrected chi connectivity index (χ1v) is 4.87. The van der Waals surface area contributed by atoms with Crippen molar-refractivity contribution in [1.82, 2.24) is 0 Å². The van der Waals surface area contributed by atoms with Crippen molar-refractivity contribution in [3.05, 3.63) is 0 Å². The predicted octanol–water partition coefficient (Wildman–Crippen LogP) is 3.91. The highest BCUT2D eigenvalue weighted by Crippen LogP contribution is 2.06. The molecule has 0 saturated heterocycles. The Balaban J connectivity index is 0. The molecule has 0 aromatic heterocycles. The number of hydrogen-bond acceptors (Lipinski definition) is 0. The van der Waals surface area contributed by atoms with Crippen LogP contribution in [0.5, 0.6) is 0 Å². The van der Waals surface area contributed by atoms with Crippen LogP contribution in [0.4, 0.5) is 17.3 Å². The van der Waals surface area contributed by atoms with Crippen LogP contribution in [0.1, 0.15) is 26.2 Å². The van der Waals surface area contributed by atoms with Crippen molar-refractivity contribution in [2.24, 2.45) is 0 Å². The molecule has 0 saturated carbocycles. The number of rotatable bonds is 3. The first kappa shape index (κ1) is 14.1. The minimum absolute atomic E-state index is 1.32. The van der Waals surface area contributed by atoms with Crippen LogP contribution in [-0.2, 0) is 0 Å². The summed E-state index contributed by atoms with van der Waals surface area (Å²) in [4.78, 5) is 0. The molecule has 0 aliphatic carbocycles. The largest absolute Gasteiger partial charge is 0.673 e. The van der Waals surface area contributed by atoms with E-state index >= 15 is 0 Å². The quantitative estimate of drug-likeness (QED) is 0.242. The third-order valence-corrected chi connectivity index (χ3v) is 1.50. The van der Waals surface area contributed by atoms with Gasteiger partial charge in [-0.25, -0.2) is 0 Å². The molecule has 70 valence electrons. The number of hydrogen-bond donors (Lipinski definition) is 0.